The van der Waals surface area contributed by atoms with Crippen molar-refractivity contribution >= 4 is 11.8 Å². The summed E-state index contributed by atoms with van der Waals surface area (Å²) in [6, 6.07) is 0.321. The summed E-state index contributed by atoms with van der Waals surface area (Å²) in [5, 5.41) is 5.19. The van der Waals surface area contributed by atoms with Crippen molar-refractivity contribution in [1.29, 1.82) is 0 Å². The highest BCUT2D eigenvalue weighted by molar-refractivity contribution is 5.96. The van der Waals surface area contributed by atoms with Crippen molar-refractivity contribution < 1.29 is 9.59 Å². The molecule has 0 aromatic rings. The van der Waals surface area contributed by atoms with E-state index in [1.807, 2.05) is 0 Å². The fraction of sp³-hybridized carbons (Fsp3) is 0.750. The molecule has 1 aliphatic carbocycles. The van der Waals surface area contributed by atoms with E-state index in [-0.39, 0.29) is 18.2 Å². The van der Waals surface area contributed by atoms with Crippen LogP contribution in [0.15, 0.2) is 0 Å². The van der Waals surface area contributed by atoms with E-state index < -0.39 is 0 Å². The third-order valence-electron chi connectivity index (χ3n) is 2.07. The van der Waals surface area contributed by atoms with Gasteiger partial charge in [0, 0.05) is 13.1 Å². The standard InChI is InChI=1S/C8H14N2O2/c1-9-7(11)5-8(12)10-6-3-2-4-6/h6H,2-5H2,1H3,(H,9,11)(H,10,12). The van der Waals surface area contributed by atoms with Gasteiger partial charge in [-0.15, -0.1) is 0 Å². The molecule has 0 unspecified atom stereocenters. The number of hydrogen-bond donors (Lipinski definition) is 2. The van der Waals surface area contributed by atoms with Crippen LogP contribution in [0.1, 0.15) is 25.7 Å². The van der Waals surface area contributed by atoms with Crippen LogP contribution >= 0.6 is 0 Å². The second-order valence-electron chi connectivity index (χ2n) is 3.05. The van der Waals surface area contributed by atoms with Gasteiger partial charge < -0.3 is 10.6 Å². The number of nitrogens with one attached hydrogen (secondary N) is 2. The van der Waals surface area contributed by atoms with Crippen LogP contribution in [0.4, 0.5) is 0 Å². The molecule has 0 aliphatic heterocycles. The Morgan fingerprint density at radius 2 is 2.00 bits per heavy atom. The lowest BCUT2D eigenvalue weighted by molar-refractivity contribution is -0.129. The topological polar surface area (TPSA) is 58.2 Å². The second-order valence-corrected chi connectivity index (χ2v) is 3.05. The fourth-order valence-corrected chi connectivity index (χ4v) is 1.07. The molecule has 1 aliphatic rings. The van der Waals surface area contributed by atoms with Crippen molar-refractivity contribution in [2.45, 2.75) is 31.7 Å². The summed E-state index contributed by atoms with van der Waals surface area (Å²) in [6.07, 6.45) is 3.25. The summed E-state index contributed by atoms with van der Waals surface area (Å²) >= 11 is 0. The minimum Gasteiger partial charge on any atom is -0.359 e. The van der Waals surface area contributed by atoms with Crippen LogP contribution in [0.3, 0.4) is 0 Å². The monoisotopic (exact) mass is 170 g/mol. The van der Waals surface area contributed by atoms with Crippen molar-refractivity contribution in [2.24, 2.45) is 0 Å². The number of carbonyl (C=O) groups excluding carboxylic acids is 2. The first-order chi connectivity index (χ1) is 5.72. The molecule has 0 saturated heterocycles. The molecule has 0 bridgehead atoms. The molecule has 0 aromatic heterocycles. The van der Waals surface area contributed by atoms with E-state index in [1.165, 1.54) is 13.5 Å². The number of rotatable bonds is 3. The van der Waals surface area contributed by atoms with E-state index in [2.05, 4.69) is 10.6 Å². The number of hydrogen-bond acceptors (Lipinski definition) is 2. The Morgan fingerprint density at radius 1 is 1.33 bits per heavy atom. The molecule has 4 heteroatoms. The molecule has 0 heterocycles. The summed E-state index contributed by atoms with van der Waals surface area (Å²) < 4.78 is 0. The van der Waals surface area contributed by atoms with Gasteiger partial charge in [0.25, 0.3) is 0 Å². The first-order valence-corrected chi connectivity index (χ1v) is 4.22. The van der Waals surface area contributed by atoms with Gasteiger partial charge in [-0.3, -0.25) is 9.59 Å². The van der Waals surface area contributed by atoms with E-state index >= 15 is 0 Å². The second kappa shape index (κ2) is 4.09. The average Bonchev–Trinajstić information content (AvgIpc) is 1.97. The van der Waals surface area contributed by atoms with Crippen LogP contribution < -0.4 is 10.6 Å². The summed E-state index contributed by atoms with van der Waals surface area (Å²) in [6.45, 7) is 0. The largest absolute Gasteiger partial charge is 0.359 e. The zero-order valence-electron chi connectivity index (χ0n) is 7.22. The van der Waals surface area contributed by atoms with E-state index in [1.54, 1.807) is 0 Å². The van der Waals surface area contributed by atoms with Gasteiger partial charge in [0.05, 0.1) is 0 Å². The minimum absolute atomic E-state index is 0.0486. The number of carbonyl (C=O) groups is 2. The molecule has 12 heavy (non-hydrogen) atoms. The molecule has 68 valence electrons. The molecular weight excluding hydrogens is 156 g/mol. The Balaban J connectivity index is 2.14. The lowest BCUT2D eigenvalue weighted by atomic mass is 9.93. The summed E-state index contributed by atoms with van der Waals surface area (Å²) in [4.78, 5) is 21.8. The van der Waals surface area contributed by atoms with Gasteiger partial charge in [-0.1, -0.05) is 0 Å². The van der Waals surface area contributed by atoms with Gasteiger partial charge in [0.15, 0.2) is 0 Å². The van der Waals surface area contributed by atoms with Gasteiger partial charge in [0.2, 0.25) is 11.8 Å². The molecule has 2 N–H and O–H groups in total. The molecule has 1 saturated carbocycles. The van der Waals surface area contributed by atoms with Crippen LogP contribution in [0.2, 0.25) is 0 Å². The first kappa shape index (κ1) is 9.03. The Hall–Kier alpha value is -1.06. The lowest BCUT2D eigenvalue weighted by Crippen LogP contribution is -2.41. The third-order valence-corrected chi connectivity index (χ3v) is 2.07. The summed E-state index contributed by atoms with van der Waals surface area (Å²) in [7, 11) is 1.53. The quantitative estimate of drug-likeness (QED) is 0.576. The van der Waals surface area contributed by atoms with Gasteiger partial charge in [-0.2, -0.15) is 0 Å². The van der Waals surface area contributed by atoms with E-state index in [0.29, 0.717) is 6.04 Å². The van der Waals surface area contributed by atoms with Gasteiger partial charge >= 0.3 is 0 Å². The molecule has 0 spiro atoms. The highest BCUT2D eigenvalue weighted by Crippen LogP contribution is 2.17. The zero-order valence-corrected chi connectivity index (χ0v) is 7.22. The SMILES string of the molecule is CNC(=O)CC(=O)NC1CCC1. The molecule has 4 nitrogen and oxygen atoms in total. The normalized spacial score (nSPS) is 16.4. The van der Waals surface area contributed by atoms with E-state index in [0.717, 1.165) is 12.8 Å². The average molecular weight is 170 g/mol. The van der Waals surface area contributed by atoms with Crippen LogP contribution in [-0.2, 0) is 9.59 Å². The predicted molar refractivity (Wildman–Crippen MR) is 44.5 cm³/mol. The zero-order chi connectivity index (χ0) is 8.97. The highest BCUT2D eigenvalue weighted by Gasteiger charge is 2.19. The molecular formula is C8H14N2O2. The van der Waals surface area contributed by atoms with Crippen molar-refractivity contribution in [3.8, 4) is 0 Å². The van der Waals surface area contributed by atoms with Crippen LogP contribution in [0.25, 0.3) is 0 Å². The van der Waals surface area contributed by atoms with E-state index in [4.69, 9.17) is 0 Å². The van der Waals surface area contributed by atoms with Crippen molar-refractivity contribution in [1.82, 2.24) is 10.6 Å². The molecule has 1 fully saturated rings. The molecule has 2 amide bonds. The maximum Gasteiger partial charge on any atom is 0.229 e. The fourth-order valence-electron chi connectivity index (χ4n) is 1.07. The Labute approximate surface area is 71.7 Å². The Morgan fingerprint density at radius 3 is 2.42 bits per heavy atom. The first-order valence-electron chi connectivity index (χ1n) is 4.22. The predicted octanol–water partition coefficient (Wildman–Crippen LogP) is -0.209. The molecule has 0 atom stereocenters. The summed E-state index contributed by atoms with van der Waals surface area (Å²) in [5.74, 6) is -0.397. The maximum atomic E-state index is 11.0. The third kappa shape index (κ3) is 2.53. The molecule has 0 aromatic carbocycles. The van der Waals surface area contributed by atoms with Crippen LogP contribution in [-0.4, -0.2) is 24.9 Å². The van der Waals surface area contributed by atoms with Gasteiger partial charge in [0.1, 0.15) is 6.42 Å². The smallest absolute Gasteiger partial charge is 0.229 e. The van der Waals surface area contributed by atoms with Crippen LogP contribution in [0.5, 0.6) is 0 Å². The van der Waals surface area contributed by atoms with Crippen molar-refractivity contribution in [3.05, 3.63) is 0 Å². The van der Waals surface area contributed by atoms with Gasteiger partial charge in [-0.05, 0) is 19.3 Å². The minimum atomic E-state index is -0.230. The maximum absolute atomic E-state index is 11.0. The Kier molecular flexibility index (Phi) is 3.08. The molecule has 0 radical (unpaired) electrons. The summed E-state index contributed by atoms with van der Waals surface area (Å²) in [5.41, 5.74) is 0. The van der Waals surface area contributed by atoms with Gasteiger partial charge in [-0.25, -0.2) is 0 Å². The van der Waals surface area contributed by atoms with Crippen molar-refractivity contribution in [3.63, 3.8) is 0 Å². The highest BCUT2D eigenvalue weighted by atomic mass is 16.2. The Bertz CT molecular complexity index is 187. The van der Waals surface area contributed by atoms with E-state index in [9.17, 15) is 9.59 Å². The number of amides is 2. The molecule has 1 rings (SSSR count). The lowest BCUT2D eigenvalue weighted by Gasteiger charge is -2.26. The van der Waals surface area contributed by atoms with Crippen LogP contribution in [0, 0.1) is 0 Å². The van der Waals surface area contributed by atoms with Crippen molar-refractivity contribution in [2.75, 3.05) is 7.05 Å².